The van der Waals surface area contributed by atoms with Crippen LogP contribution in [0.5, 0.6) is 0 Å². The molecule has 192 valence electrons. The van der Waals surface area contributed by atoms with E-state index in [-0.39, 0.29) is 13.0 Å². The van der Waals surface area contributed by atoms with Gasteiger partial charge in [0.25, 0.3) is 7.82 Å². The lowest BCUT2D eigenvalue weighted by Gasteiger charge is -2.24. The number of carbonyl (C=O) groups excluding carboxylic acids is 1. The minimum absolute atomic E-state index is 0.257. The van der Waals surface area contributed by atoms with E-state index in [1.807, 2.05) is 0 Å². The van der Waals surface area contributed by atoms with Gasteiger partial charge in [0, 0.05) is 6.42 Å². The minimum atomic E-state index is -4.73. The Morgan fingerprint density at radius 2 is 1.22 bits per heavy atom. The highest BCUT2D eigenvalue weighted by atomic mass is 31.2. The third-order valence-electron chi connectivity index (χ3n) is 4.98. The number of hydrogen-bond acceptors (Lipinski definition) is 9. The standard InChI is InChI=1S/C22H45O9P/c1-2-3-4-5-6-7-8-9-10-11-12-13-14-15-22(26)29-17-21(25)19-31-32(27,28)30-18-20(24)16-23/h20-21,23-25H,2-19H2,1H3,(H,27,28)/p-1/t20-,21+/m1/s1. The Hall–Kier alpha value is -0.540. The fraction of sp³-hybridized carbons (Fsp3) is 0.955. The van der Waals surface area contributed by atoms with E-state index < -0.39 is 45.8 Å². The largest absolute Gasteiger partial charge is 0.756 e. The molecule has 0 rings (SSSR count). The Morgan fingerprint density at radius 3 is 1.69 bits per heavy atom. The van der Waals surface area contributed by atoms with Gasteiger partial charge in [-0.3, -0.25) is 9.36 Å². The van der Waals surface area contributed by atoms with Crippen LogP contribution < -0.4 is 4.89 Å². The zero-order valence-corrected chi connectivity index (χ0v) is 20.5. The summed E-state index contributed by atoms with van der Waals surface area (Å²) < 4.78 is 25.1. The summed E-state index contributed by atoms with van der Waals surface area (Å²) >= 11 is 0. The second kappa shape index (κ2) is 21.0. The maximum absolute atomic E-state index is 11.7. The predicted molar refractivity (Wildman–Crippen MR) is 120 cm³/mol. The summed E-state index contributed by atoms with van der Waals surface area (Å²) in [6.07, 6.45) is 13.4. The molecule has 3 atom stereocenters. The summed E-state index contributed by atoms with van der Waals surface area (Å²) in [6.45, 7) is -0.0893. The molecule has 32 heavy (non-hydrogen) atoms. The van der Waals surface area contributed by atoms with Crippen molar-refractivity contribution in [2.24, 2.45) is 0 Å². The molecule has 0 aromatic rings. The van der Waals surface area contributed by atoms with Crippen LogP contribution in [0.1, 0.15) is 96.8 Å². The number of aliphatic hydroxyl groups excluding tert-OH is 3. The molecule has 0 heterocycles. The van der Waals surface area contributed by atoms with E-state index in [0.29, 0.717) is 0 Å². The molecule has 10 heteroatoms. The van der Waals surface area contributed by atoms with E-state index >= 15 is 0 Å². The van der Waals surface area contributed by atoms with Crippen molar-refractivity contribution in [1.29, 1.82) is 0 Å². The van der Waals surface area contributed by atoms with Crippen molar-refractivity contribution < 1.29 is 43.4 Å². The smallest absolute Gasteiger partial charge is 0.305 e. The summed E-state index contributed by atoms with van der Waals surface area (Å²) in [6, 6.07) is 0. The molecule has 0 aliphatic heterocycles. The van der Waals surface area contributed by atoms with E-state index in [2.05, 4.69) is 16.0 Å². The average molecular weight is 484 g/mol. The molecule has 0 saturated carbocycles. The number of esters is 1. The van der Waals surface area contributed by atoms with Gasteiger partial charge in [-0.1, -0.05) is 84.0 Å². The Bertz CT molecular complexity index is 490. The highest BCUT2D eigenvalue weighted by Crippen LogP contribution is 2.38. The van der Waals surface area contributed by atoms with Gasteiger partial charge in [-0.15, -0.1) is 0 Å². The highest BCUT2D eigenvalue weighted by Gasteiger charge is 2.16. The van der Waals surface area contributed by atoms with Crippen molar-refractivity contribution in [3.8, 4) is 0 Å². The number of carbonyl (C=O) groups is 1. The summed E-state index contributed by atoms with van der Waals surface area (Å²) in [5.41, 5.74) is 0. The second-order valence-corrected chi connectivity index (χ2v) is 9.62. The second-order valence-electron chi connectivity index (χ2n) is 8.20. The molecular weight excluding hydrogens is 439 g/mol. The minimum Gasteiger partial charge on any atom is -0.756 e. The maximum Gasteiger partial charge on any atom is 0.305 e. The maximum atomic E-state index is 11.7. The first-order chi connectivity index (χ1) is 15.3. The zero-order chi connectivity index (χ0) is 24.1. The van der Waals surface area contributed by atoms with E-state index in [4.69, 9.17) is 14.9 Å². The van der Waals surface area contributed by atoms with Crippen molar-refractivity contribution in [2.75, 3.05) is 26.4 Å². The molecule has 0 spiro atoms. The van der Waals surface area contributed by atoms with Gasteiger partial charge in [0.1, 0.15) is 18.8 Å². The van der Waals surface area contributed by atoms with E-state index in [9.17, 15) is 19.4 Å². The Morgan fingerprint density at radius 1 is 0.781 bits per heavy atom. The fourth-order valence-electron chi connectivity index (χ4n) is 3.04. The lowest BCUT2D eigenvalue weighted by atomic mass is 10.0. The van der Waals surface area contributed by atoms with Crippen molar-refractivity contribution in [3.63, 3.8) is 0 Å². The van der Waals surface area contributed by atoms with Crippen molar-refractivity contribution in [2.45, 2.75) is 109 Å². The van der Waals surface area contributed by atoms with Crippen LogP contribution in [0.25, 0.3) is 0 Å². The highest BCUT2D eigenvalue weighted by molar-refractivity contribution is 7.45. The van der Waals surface area contributed by atoms with E-state index in [0.717, 1.165) is 19.3 Å². The Balaban J connectivity index is 3.54. The van der Waals surface area contributed by atoms with Crippen LogP contribution in [0, 0.1) is 0 Å². The lowest BCUT2D eigenvalue weighted by molar-refractivity contribution is -0.229. The van der Waals surface area contributed by atoms with Gasteiger partial charge < -0.3 is 34.0 Å². The van der Waals surface area contributed by atoms with Crippen molar-refractivity contribution >= 4 is 13.8 Å². The van der Waals surface area contributed by atoms with Gasteiger partial charge in [0.05, 0.1) is 19.8 Å². The fourth-order valence-corrected chi connectivity index (χ4v) is 3.82. The average Bonchev–Trinajstić information content (AvgIpc) is 2.77. The van der Waals surface area contributed by atoms with Gasteiger partial charge in [-0.05, 0) is 6.42 Å². The topological polar surface area (TPSA) is 146 Å². The molecule has 0 aromatic heterocycles. The van der Waals surface area contributed by atoms with Crippen molar-refractivity contribution in [1.82, 2.24) is 0 Å². The first kappa shape index (κ1) is 31.5. The molecule has 0 saturated heterocycles. The molecule has 1 unspecified atom stereocenters. The Kier molecular flexibility index (Phi) is 20.7. The number of unbranched alkanes of at least 4 members (excludes halogenated alkanes) is 12. The number of phosphoric acid groups is 1. The number of phosphoric ester groups is 1. The van der Waals surface area contributed by atoms with Crippen LogP contribution in [0.4, 0.5) is 0 Å². The molecule has 0 radical (unpaired) electrons. The summed E-state index contributed by atoms with van der Waals surface area (Å²) in [7, 11) is -4.73. The molecular formula is C22H44O9P-. The molecule has 0 aliphatic carbocycles. The SMILES string of the molecule is CCCCCCCCCCCCCCCC(=O)OC[C@H](O)COP(=O)([O-])OC[C@H](O)CO. The van der Waals surface area contributed by atoms with Crippen LogP contribution in [-0.4, -0.2) is 59.9 Å². The predicted octanol–water partition coefficient (Wildman–Crippen LogP) is 3.23. The van der Waals surface area contributed by atoms with Crippen LogP contribution in [0.2, 0.25) is 0 Å². The monoisotopic (exact) mass is 483 g/mol. The normalized spacial score (nSPS) is 15.3. The summed E-state index contributed by atoms with van der Waals surface area (Å²) in [5, 5.41) is 27.3. The van der Waals surface area contributed by atoms with Gasteiger partial charge in [-0.25, -0.2) is 0 Å². The third-order valence-corrected chi connectivity index (χ3v) is 5.91. The van der Waals surface area contributed by atoms with Crippen LogP contribution >= 0.6 is 7.82 Å². The van der Waals surface area contributed by atoms with Gasteiger partial charge in [0.2, 0.25) is 0 Å². The number of hydrogen-bond donors (Lipinski definition) is 3. The summed E-state index contributed by atoms with van der Waals surface area (Å²) in [4.78, 5) is 23.1. The summed E-state index contributed by atoms with van der Waals surface area (Å²) in [5.74, 6) is -0.445. The van der Waals surface area contributed by atoms with E-state index in [1.165, 1.54) is 64.2 Å². The lowest BCUT2D eigenvalue weighted by Crippen LogP contribution is -2.26. The first-order valence-corrected chi connectivity index (χ1v) is 13.5. The quantitative estimate of drug-likeness (QED) is 0.113. The molecule has 0 fully saturated rings. The van der Waals surface area contributed by atoms with Gasteiger partial charge >= 0.3 is 5.97 Å². The van der Waals surface area contributed by atoms with Crippen LogP contribution in [0.15, 0.2) is 0 Å². The van der Waals surface area contributed by atoms with Gasteiger partial charge in [-0.2, -0.15) is 0 Å². The Labute approximate surface area is 193 Å². The molecule has 3 N–H and O–H groups in total. The number of rotatable bonds is 23. The zero-order valence-electron chi connectivity index (χ0n) is 19.6. The number of aliphatic hydroxyl groups is 3. The van der Waals surface area contributed by atoms with Crippen LogP contribution in [0.3, 0.4) is 0 Å². The number of ether oxygens (including phenoxy) is 1. The van der Waals surface area contributed by atoms with Crippen LogP contribution in [-0.2, 0) is 23.1 Å². The molecule has 0 bridgehead atoms. The van der Waals surface area contributed by atoms with Gasteiger partial charge in [0.15, 0.2) is 0 Å². The first-order valence-electron chi connectivity index (χ1n) is 12.0. The molecule has 0 aromatic carbocycles. The van der Waals surface area contributed by atoms with Crippen molar-refractivity contribution in [3.05, 3.63) is 0 Å². The molecule has 0 amide bonds. The van der Waals surface area contributed by atoms with E-state index in [1.54, 1.807) is 0 Å². The third kappa shape index (κ3) is 21.3. The molecule has 0 aliphatic rings. The molecule has 9 nitrogen and oxygen atoms in total.